The van der Waals surface area contributed by atoms with Crippen LogP contribution < -0.4 is 10.2 Å². The van der Waals surface area contributed by atoms with E-state index in [1.807, 2.05) is 12.1 Å². The molecule has 1 aromatic heterocycles. The Bertz CT molecular complexity index is 712. The van der Waals surface area contributed by atoms with Crippen LogP contribution in [0.3, 0.4) is 0 Å². The van der Waals surface area contributed by atoms with E-state index in [4.69, 9.17) is 0 Å². The van der Waals surface area contributed by atoms with Crippen molar-refractivity contribution in [1.29, 1.82) is 0 Å². The second-order valence-corrected chi connectivity index (χ2v) is 6.63. The number of aromatic nitrogens is 1. The fraction of sp³-hybridized carbons (Fsp3) is 0.400. The quantitative estimate of drug-likeness (QED) is 0.823. The fourth-order valence-corrected chi connectivity index (χ4v) is 3.21. The van der Waals surface area contributed by atoms with Crippen molar-refractivity contribution in [2.45, 2.75) is 19.3 Å². The zero-order chi connectivity index (χ0) is 17.6. The molecule has 0 unspecified atom stereocenters. The molecule has 0 saturated heterocycles. The van der Waals surface area contributed by atoms with Crippen molar-refractivity contribution >= 4 is 17.4 Å². The summed E-state index contributed by atoms with van der Waals surface area (Å²) in [5.41, 5.74) is 3.46. The van der Waals surface area contributed by atoms with Crippen LogP contribution in [0.5, 0.6) is 0 Å². The summed E-state index contributed by atoms with van der Waals surface area (Å²) >= 11 is 0. The second kappa shape index (κ2) is 8.01. The molecule has 0 saturated carbocycles. The molecule has 2 aromatic rings. The Morgan fingerprint density at radius 3 is 2.84 bits per heavy atom. The highest BCUT2D eigenvalue weighted by Crippen LogP contribution is 2.26. The lowest BCUT2D eigenvalue weighted by Gasteiger charge is -2.31. The number of nitrogens with zero attached hydrogens (tertiary/aromatic N) is 3. The second-order valence-electron chi connectivity index (χ2n) is 6.63. The van der Waals surface area contributed by atoms with E-state index in [9.17, 15) is 4.79 Å². The Morgan fingerprint density at radius 1 is 1.24 bits per heavy atom. The molecule has 132 valence electrons. The summed E-state index contributed by atoms with van der Waals surface area (Å²) in [6.45, 7) is 3.05. The number of pyridine rings is 1. The van der Waals surface area contributed by atoms with Gasteiger partial charge in [0.05, 0.1) is 5.56 Å². The summed E-state index contributed by atoms with van der Waals surface area (Å²) in [5.74, 6) is 0.789. The maximum Gasteiger partial charge on any atom is 0.254 e. The summed E-state index contributed by atoms with van der Waals surface area (Å²) in [5, 5.41) is 3.34. The van der Waals surface area contributed by atoms with E-state index in [1.165, 1.54) is 24.1 Å². The zero-order valence-corrected chi connectivity index (χ0v) is 15.0. The van der Waals surface area contributed by atoms with Gasteiger partial charge in [0.15, 0.2) is 0 Å². The average molecular weight is 338 g/mol. The fourth-order valence-electron chi connectivity index (χ4n) is 3.21. The van der Waals surface area contributed by atoms with Gasteiger partial charge in [-0.05, 0) is 43.0 Å². The highest BCUT2D eigenvalue weighted by atomic mass is 16.2. The molecule has 1 aliphatic heterocycles. The summed E-state index contributed by atoms with van der Waals surface area (Å²) in [6, 6.07) is 12.4. The van der Waals surface area contributed by atoms with Crippen LogP contribution in [-0.2, 0) is 6.42 Å². The van der Waals surface area contributed by atoms with Crippen LogP contribution in [-0.4, -0.2) is 49.5 Å². The minimum atomic E-state index is -0.0252. The van der Waals surface area contributed by atoms with E-state index < -0.39 is 0 Å². The number of carbonyl (C=O) groups is 1. The molecule has 0 bridgehead atoms. The topological polar surface area (TPSA) is 48.5 Å². The summed E-state index contributed by atoms with van der Waals surface area (Å²) in [6.07, 6.45) is 5.10. The molecule has 3 rings (SSSR count). The van der Waals surface area contributed by atoms with Crippen molar-refractivity contribution in [1.82, 2.24) is 9.88 Å². The third kappa shape index (κ3) is 4.29. The number of hydrogen-bond acceptors (Lipinski definition) is 4. The van der Waals surface area contributed by atoms with Gasteiger partial charge in [-0.15, -0.1) is 0 Å². The molecule has 0 spiro atoms. The largest absolute Gasteiger partial charge is 0.371 e. The molecule has 25 heavy (non-hydrogen) atoms. The van der Waals surface area contributed by atoms with Gasteiger partial charge >= 0.3 is 0 Å². The molecular formula is C20H26N4O. The molecule has 0 aliphatic carbocycles. The van der Waals surface area contributed by atoms with Gasteiger partial charge in [-0.1, -0.05) is 18.2 Å². The lowest BCUT2D eigenvalue weighted by Crippen LogP contribution is -2.31. The molecule has 5 heteroatoms. The molecule has 0 radical (unpaired) electrons. The number of aryl methyl sites for hydroxylation is 1. The van der Waals surface area contributed by atoms with Gasteiger partial charge in [0.2, 0.25) is 0 Å². The maximum atomic E-state index is 11.9. The standard InChI is InChI=1S/C20H26N4O/c1-23(2)20(25)17-10-11-19(22-15-17)21-12-6-14-24-13-5-8-16-7-3-4-9-18(16)24/h3-4,7,9-11,15H,5-6,8,12-14H2,1-2H3,(H,21,22). The predicted molar refractivity (Wildman–Crippen MR) is 102 cm³/mol. The van der Waals surface area contributed by atoms with E-state index in [-0.39, 0.29) is 5.91 Å². The predicted octanol–water partition coefficient (Wildman–Crippen LogP) is 3.04. The van der Waals surface area contributed by atoms with Crippen LogP contribution in [0.25, 0.3) is 0 Å². The Hall–Kier alpha value is -2.56. The average Bonchev–Trinajstić information content (AvgIpc) is 2.65. The van der Waals surface area contributed by atoms with Gasteiger partial charge in [-0.25, -0.2) is 4.98 Å². The SMILES string of the molecule is CN(C)C(=O)c1ccc(NCCCN2CCCc3ccccc32)nc1. The van der Waals surface area contributed by atoms with Crippen LogP contribution in [0.4, 0.5) is 11.5 Å². The number of benzene rings is 1. The van der Waals surface area contributed by atoms with Gasteiger partial charge in [0.25, 0.3) is 5.91 Å². The van der Waals surface area contributed by atoms with Crippen molar-refractivity contribution in [3.8, 4) is 0 Å². The van der Waals surface area contributed by atoms with Gasteiger partial charge < -0.3 is 15.1 Å². The highest BCUT2D eigenvalue weighted by Gasteiger charge is 2.15. The van der Waals surface area contributed by atoms with E-state index in [0.29, 0.717) is 5.56 Å². The Kier molecular flexibility index (Phi) is 5.53. The number of nitrogens with one attached hydrogen (secondary N) is 1. The summed E-state index contributed by atoms with van der Waals surface area (Å²) in [7, 11) is 3.49. The van der Waals surface area contributed by atoms with Crippen LogP contribution >= 0.6 is 0 Å². The van der Waals surface area contributed by atoms with Crippen LogP contribution in [0, 0.1) is 0 Å². The number of hydrogen-bond donors (Lipinski definition) is 1. The van der Waals surface area contributed by atoms with Gasteiger partial charge in [-0.2, -0.15) is 0 Å². The van der Waals surface area contributed by atoms with Crippen molar-refractivity contribution in [2.75, 3.05) is 43.9 Å². The molecule has 1 amide bonds. The monoisotopic (exact) mass is 338 g/mol. The highest BCUT2D eigenvalue weighted by molar-refractivity contribution is 5.93. The summed E-state index contributed by atoms with van der Waals surface area (Å²) in [4.78, 5) is 20.2. The van der Waals surface area contributed by atoms with Crippen molar-refractivity contribution in [3.05, 3.63) is 53.7 Å². The molecular weight excluding hydrogens is 312 g/mol. The first-order valence-electron chi connectivity index (χ1n) is 8.89. The third-order valence-corrected chi connectivity index (χ3v) is 4.53. The number of fused-ring (bicyclic) bond motifs is 1. The zero-order valence-electron chi connectivity index (χ0n) is 15.0. The van der Waals surface area contributed by atoms with Gasteiger partial charge in [0, 0.05) is 45.6 Å². The van der Waals surface area contributed by atoms with Crippen molar-refractivity contribution in [3.63, 3.8) is 0 Å². The molecule has 1 aromatic carbocycles. The number of carbonyl (C=O) groups excluding carboxylic acids is 1. The lowest BCUT2D eigenvalue weighted by molar-refractivity contribution is 0.0827. The Morgan fingerprint density at radius 2 is 2.08 bits per heavy atom. The van der Waals surface area contributed by atoms with Crippen molar-refractivity contribution in [2.24, 2.45) is 0 Å². The van der Waals surface area contributed by atoms with E-state index >= 15 is 0 Å². The van der Waals surface area contributed by atoms with Crippen LogP contribution in [0.1, 0.15) is 28.8 Å². The third-order valence-electron chi connectivity index (χ3n) is 4.53. The number of para-hydroxylation sites is 1. The molecule has 0 fully saturated rings. The first-order chi connectivity index (χ1) is 12.1. The maximum absolute atomic E-state index is 11.9. The number of rotatable bonds is 6. The Labute approximate surface area is 149 Å². The van der Waals surface area contributed by atoms with Gasteiger partial charge in [-0.3, -0.25) is 4.79 Å². The molecule has 1 N–H and O–H groups in total. The number of amides is 1. The first-order valence-corrected chi connectivity index (χ1v) is 8.89. The van der Waals surface area contributed by atoms with E-state index in [2.05, 4.69) is 39.5 Å². The molecule has 2 heterocycles. The van der Waals surface area contributed by atoms with Crippen LogP contribution in [0.2, 0.25) is 0 Å². The minimum absolute atomic E-state index is 0.0252. The first kappa shape index (κ1) is 17.3. The summed E-state index contributed by atoms with van der Waals surface area (Å²) < 4.78 is 0. The smallest absolute Gasteiger partial charge is 0.254 e. The minimum Gasteiger partial charge on any atom is -0.371 e. The lowest BCUT2D eigenvalue weighted by atomic mass is 10.0. The van der Waals surface area contributed by atoms with Crippen LogP contribution in [0.15, 0.2) is 42.6 Å². The van der Waals surface area contributed by atoms with E-state index in [1.54, 1.807) is 25.2 Å². The van der Waals surface area contributed by atoms with Crippen molar-refractivity contribution < 1.29 is 4.79 Å². The normalized spacial score (nSPS) is 13.3. The van der Waals surface area contributed by atoms with Gasteiger partial charge in [0.1, 0.15) is 5.82 Å². The molecule has 5 nitrogen and oxygen atoms in total. The molecule has 1 aliphatic rings. The Balaban J connectivity index is 1.47. The van der Waals surface area contributed by atoms with E-state index in [0.717, 1.165) is 31.9 Å². The number of anilines is 2. The molecule has 0 atom stereocenters.